The van der Waals surface area contributed by atoms with Crippen LogP contribution >= 0.6 is 0 Å². The highest BCUT2D eigenvalue weighted by molar-refractivity contribution is 4.84. The average molecular weight is 214 g/mol. The summed E-state index contributed by atoms with van der Waals surface area (Å²) in [5.74, 6) is 0. The van der Waals surface area contributed by atoms with Crippen molar-refractivity contribution in [2.75, 3.05) is 19.6 Å². The molecular weight excluding hydrogens is 184 g/mol. The lowest BCUT2D eigenvalue weighted by Crippen LogP contribution is -2.48. The Balaban J connectivity index is 4.32. The van der Waals surface area contributed by atoms with Crippen LogP contribution in [0.4, 0.5) is 0 Å². The van der Waals surface area contributed by atoms with E-state index >= 15 is 0 Å². The molecule has 0 spiro atoms. The summed E-state index contributed by atoms with van der Waals surface area (Å²) < 4.78 is 0. The van der Waals surface area contributed by atoms with E-state index < -0.39 is 0 Å². The zero-order valence-electron chi connectivity index (χ0n) is 11.7. The molecule has 0 saturated heterocycles. The first-order valence-electron chi connectivity index (χ1n) is 6.32. The molecule has 0 aromatic rings. The van der Waals surface area contributed by atoms with Crippen molar-refractivity contribution >= 4 is 0 Å². The minimum atomic E-state index is 0.330. The van der Waals surface area contributed by atoms with Gasteiger partial charge in [0.25, 0.3) is 0 Å². The zero-order valence-corrected chi connectivity index (χ0v) is 11.7. The molecule has 2 nitrogen and oxygen atoms in total. The van der Waals surface area contributed by atoms with Gasteiger partial charge in [-0.25, -0.2) is 0 Å². The highest BCUT2D eigenvalue weighted by Crippen LogP contribution is 2.22. The molecule has 0 aromatic carbocycles. The van der Waals surface area contributed by atoms with Gasteiger partial charge in [-0.2, -0.15) is 0 Å². The van der Waals surface area contributed by atoms with Crippen LogP contribution in [-0.4, -0.2) is 36.6 Å². The van der Waals surface area contributed by atoms with Crippen LogP contribution in [0.1, 0.15) is 48.5 Å². The van der Waals surface area contributed by atoms with Crippen molar-refractivity contribution in [2.24, 2.45) is 5.41 Å². The molecule has 0 heterocycles. The molecule has 0 aromatic heterocycles. The highest BCUT2D eigenvalue weighted by atomic mass is 15.2. The van der Waals surface area contributed by atoms with Crippen LogP contribution < -0.4 is 5.32 Å². The summed E-state index contributed by atoms with van der Waals surface area (Å²) in [6, 6.07) is 1.21. The van der Waals surface area contributed by atoms with Crippen LogP contribution in [0.15, 0.2) is 0 Å². The van der Waals surface area contributed by atoms with E-state index in [0.717, 1.165) is 19.6 Å². The molecule has 1 atom stereocenters. The third-order valence-corrected chi connectivity index (χ3v) is 3.43. The Morgan fingerprint density at radius 2 is 1.67 bits per heavy atom. The smallest absolute Gasteiger partial charge is 0.0102 e. The Kier molecular flexibility index (Phi) is 6.46. The van der Waals surface area contributed by atoms with Gasteiger partial charge in [-0.15, -0.1) is 0 Å². The first-order chi connectivity index (χ1) is 6.85. The minimum absolute atomic E-state index is 0.330. The van der Waals surface area contributed by atoms with E-state index in [4.69, 9.17) is 0 Å². The molecule has 0 aliphatic rings. The molecule has 0 rings (SSSR count). The van der Waals surface area contributed by atoms with Crippen molar-refractivity contribution in [1.82, 2.24) is 10.2 Å². The van der Waals surface area contributed by atoms with Gasteiger partial charge in [-0.1, -0.05) is 27.7 Å². The summed E-state index contributed by atoms with van der Waals surface area (Å²) in [6.07, 6.45) is 0. The van der Waals surface area contributed by atoms with Gasteiger partial charge in [0.15, 0.2) is 0 Å². The quantitative estimate of drug-likeness (QED) is 0.701. The van der Waals surface area contributed by atoms with Crippen LogP contribution in [0.5, 0.6) is 0 Å². The Bertz CT molecular complexity index is 164. The van der Waals surface area contributed by atoms with Gasteiger partial charge in [0.05, 0.1) is 0 Å². The fourth-order valence-corrected chi connectivity index (χ4v) is 1.90. The highest BCUT2D eigenvalue weighted by Gasteiger charge is 2.28. The van der Waals surface area contributed by atoms with E-state index in [-0.39, 0.29) is 0 Å². The number of hydrogen-bond acceptors (Lipinski definition) is 2. The van der Waals surface area contributed by atoms with Gasteiger partial charge in [0.2, 0.25) is 0 Å². The maximum absolute atomic E-state index is 3.53. The molecule has 0 aliphatic heterocycles. The molecule has 1 N–H and O–H groups in total. The summed E-state index contributed by atoms with van der Waals surface area (Å²) >= 11 is 0. The van der Waals surface area contributed by atoms with E-state index in [0.29, 0.717) is 17.5 Å². The van der Waals surface area contributed by atoms with Crippen LogP contribution in [0, 0.1) is 5.41 Å². The minimum Gasteiger partial charge on any atom is -0.314 e. The maximum atomic E-state index is 3.53. The van der Waals surface area contributed by atoms with E-state index in [1.165, 1.54) is 0 Å². The molecule has 0 amide bonds. The van der Waals surface area contributed by atoms with Gasteiger partial charge in [-0.3, -0.25) is 0 Å². The largest absolute Gasteiger partial charge is 0.314 e. The molecule has 0 saturated carbocycles. The Hall–Kier alpha value is -0.0800. The van der Waals surface area contributed by atoms with Crippen molar-refractivity contribution in [3.63, 3.8) is 0 Å². The second-order valence-electron chi connectivity index (χ2n) is 5.42. The van der Waals surface area contributed by atoms with E-state index in [2.05, 4.69) is 58.7 Å². The number of nitrogens with one attached hydrogen (secondary N) is 1. The third kappa shape index (κ3) is 4.98. The van der Waals surface area contributed by atoms with E-state index in [1.807, 2.05) is 0 Å². The monoisotopic (exact) mass is 214 g/mol. The van der Waals surface area contributed by atoms with Crippen LogP contribution in [0.3, 0.4) is 0 Å². The standard InChI is InChI=1S/C13H30N2/c1-8-14-12(5)13(6,7)10-15(9-2)11(3)4/h11-12,14H,8-10H2,1-7H3. The Morgan fingerprint density at radius 3 is 2.00 bits per heavy atom. The summed E-state index contributed by atoms with van der Waals surface area (Å²) in [5.41, 5.74) is 0.330. The topological polar surface area (TPSA) is 15.3 Å². The first kappa shape index (κ1) is 14.9. The van der Waals surface area contributed by atoms with Gasteiger partial charge >= 0.3 is 0 Å². The van der Waals surface area contributed by atoms with E-state index in [9.17, 15) is 0 Å². The lowest BCUT2D eigenvalue weighted by atomic mass is 9.84. The fourth-order valence-electron chi connectivity index (χ4n) is 1.90. The molecule has 0 aliphatic carbocycles. The summed E-state index contributed by atoms with van der Waals surface area (Å²) in [4.78, 5) is 2.54. The predicted molar refractivity (Wildman–Crippen MR) is 69.3 cm³/mol. The van der Waals surface area contributed by atoms with Crippen molar-refractivity contribution in [3.05, 3.63) is 0 Å². The second-order valence-corrected chi connectivity index (χ2v) is 5.42. The number of nitrogens with zero attached hydrogens (tertiary/aromatic N) is 1. The third-order valence-electron chi connectivity index (χ3n) is 3.43. The number of hydrogen-bond donors (Lipinski definition) is 1. The van der Waals surface area contributed by atoms with Gasteiger partial charge in [-0.05, 0) is 39.3 Å². The van der Waals surface area contributed by atoms with Crippen LogP contribution in [0.2, 0.25) is 0 Å². The Labute approximate surface area is 96.4 Å². The maximum Gasteiger partial charge on any atom is 0.0102 e. The van der Waals surface area contributed by atoms with Crippen LogP contribution in [-0.2, 0) is 0 Å². The predicted octanol–water partition coefficient (Wildman–Crippen LogP) is 2.74. The SMILES string of the molecule is CCNC(C)C(C)(C)CN(CC)C(C)C. The second kappa shape index (κ2) is 6.49. The van der Waals surface area contributed by atoms with Crippen molar-refractivity contribution in [3.8, 4) is 0 Å². The Morgan fingerprint density at radius 1 is 1.13 bits per heavy atom. The zero-order chi connectivity index (χ0) is 12.1. The lowest BCUT2D eigenvalue weighted by molar-refractivity contribution is 0.123. The molecule has 1 unspecified atom stereocenters. The van der Waals surface area contributed by atoms with Crippen molar-refractivity contribution in [2.45, 2.75) is 60.5 Å². The fraction of sp³-hybridized carbons (Fsp3) is 1.00. The molecule has 0 radical (unpaired) electrons. The normalized spacial score (nSPS) is 15.0. The summed E-state index contributed by atoms with van der Waals surface area (Å²) in [7, 11) is 0. The molecule has 92 valence electrons. The molecule has 0 bridgehead atoms. The first-order valence-corrected chi connectivity index (χ1v) is 6.32. The van der Waals surface area contributed by atoms with Gasteiger partial charge in [0.1, 0.15) is 0 Å². The average Bonchev–Trinajstić information content (AvgIpc) is 2.14. The summed E-state index contributed by atoms with van der Waals surface area (Å²) in [5, 5.41) is 3.53. The number of rotatable bonds is 7. The van der Waals surface area contributed by atoms with Crippen molar-refractivity contribution < 1.29 is 0 Å². The lowest BCUT2D eigenvalue weighted by Gasteiger charge is -2.38. The van der Waals surface area contributed by atoms with Crippen molar-refractivity contribution in [1.29, 1.82) is 0 Å². The van der Waals surface area contributed by atoms with Gasteiger partial charge in [0, 0.05) is 18.6 Å². The molecular formula is C13H30N2. The molecule has 15 heavy (non-hydrogen) atoms. The van der Waals surface area contributed by atoms with E-state index in [1.54, 1.807) is 0 Å². The molecule has 2 heteroatoms. The summed E-state index contributed by atoms with van der Waals surface area (Å²) in [6.45, 7) is 19.3. The van der Waals surface area contributed by atoms with Gasteiger partial charge < -0.3 is 10.2 Å². The van der Waals surface area contributed by atoms with Crippen LogP contribution in [0.25, 0.3) is 0 Å². The molecule has 0 fully saturated rings.